The fourth-order valence-electron chi connectivity index (χ4n) is 1.67. The first-order chi connectivity index (χ1) is 6.51. The van der Waals surface area contributed by atoms with Crippen LogP contribution < -0.4 is 5.73 Å². The zero-order valence-corrected chi connectivity index (χ0v) is 10.6. The zero-order valence-electron chi connectivity index (χ0n) is 10.6. The predicted molar refractivity (Wildman–Crippen MR) is 64.4 cm³/mol. The van der Waals surface area contributed by atoms with E-state index in [0.717, 1.165) is 19.0 Å². The Morgan fingerprint density at radius 3 is 1.93 bits per heavy atom. The minimum atomic E-state index is 0.637. The molecule has 0 aliphatic heterocycles. The highest BCUT2D eigenvalue weighted by Gasteiger charge is 2.15. The van der Waals surface area contributed by atoms with Crippen LogP contribution in [0.2, 0.25) is 0 Å². The number of hydrogen-bond donors (Lipinski definition) is 1. The van der Waals surface area contributed by atoms with Crippen LogP contribution in [0.3, 0.4) is 0 Å². The van der Waals surface area contributed by atoms with Crippen molar-refractivity contribution < 1.29 is 0 Å². The van der Waals surface area contributed by atoms with Crippen molar-refractivity contribution in [1.82, 2.24) is 4.90 Å². The van der Waals surface area contributed by atoms with E-state index in [2.05, 4.69) is 39.5 Å². The first-order valence-corrected chi connectivity index (χ1v) is 5.95. The Kier molecular flexibility index (Phi) is 7.20. The highest BCUT2D eigenvalue weighted by molar-refractivity contribution is 4.70. The number of rotatable bonds is 7. The number of nitrogens with zero attached hydrogens (tertiary/aromatic N) is 1. The van der Waals surface area contributed by atoms with Crippen LogP contribution in [-0.2, 0) is 0 Å². The molecule has 2 heteroatoms. The van der Waals surface area contributed by atoms with E-state index < -0.39 is 0 Å². The van der Waals surface area contributed by atoms with Gasteiger partial charge in [0.1, 0.15) is 0 Å². The van der Waals surface area contributed by atoms with Crippen molar-refractivity contribution in [3.05, 3.63) is 0 Å². The topological polar surface area (TPSA) is 29.3 Å². The maximum Gasteiger partial charge on any atom is 0.00388 e. The molecule has 0 spiro atoms. The smallest absolute Gasteiger partial charge is 0.00388 e. The van der Waals surface area contributed by atoms with Crippen LogP contribution in [0.4, 0.5) is 0 Å². The van der Waals surface area contributed by atoms with Gasteiger partial charge in [-0.15, -0.1) is 0 Å². The van der Waals surface area contributed by atoms with E-state index in [-0.39, 0.29) is 0 Å². The van der Waals surface area contributed by atoms with Gasteiger partial charge in [-0.25, -0.2) is 0 Å². The van der Waals surface area contributed by atoms with E-state index in [0.29, 0.717) is 12.0 Å². The molecule has 0 saturated heterocycles. The summed E-state index contributed by atoms with van der Waals surface area (Å²) in [6.07, 6.45) is 1.19. The Bertz CT molecular complexity index is 128. The van der Waals surface area contributed by atoms with Crippen LogP contribution >= 0.6 is 0 Å². The molecule has 2 N–H and O–H groups in total. The summed E-state index contributed by atoms with van der Waals surface area (Å²) in [7, 11) is 0. The van der Waals surface area contributed by atoms with Gasteiger partial charge in [0.2, 0.25) is 0 Å². The second-order valence-electron chi connectivity index (χ2n) is 4.95. The van der Waals surface area contributed by atoms with Crippen molar-refractivity contribution in [1.29, 1.82) is 0 Å². The van der Waals surface area contributed by atoms with Gasteiger partial charge in [0.05, 0.1) is 0 Å². The van der Waals surface area contributed by atoms with Crippen LogP contribution in [0.5, 0.6) is 0 Å². The van der Waals surface area contributed by atoms with Crippen molar-refractivity contribution in [3.63, 3.8) is 0 Å². The van der Waals surface area contributed by atoms with Crippen molar-refractivity contribution in [3.8, 4) is 0 Å². The molecule has 0 aromatic carbocycles. The first kappa shape index (κ1) is 13.9. The highest BCUT2D eigenvalue weighted by Crippen LogP contribution is 2.10. The molecule has 0 aromatic rings. The van der Waals surface area contributed by atoms with Crippen LogP contribution in [-0.4, -0.2) is 30.6 Å². The van der Waals surface area contributed by atoms with Crippen molar-refractivity contribution in [2.24, 2.45) is 17.6 Å². The van der Waals surface area contributed by atoms with Gasteiger partial charge in [-0.05, 0) is 32.2 Å². The van der Waals surface area contributed by atoms with E-state index in [1.807, 2.05) is 0 Å². The van der Waals surface area contributed by atoms with Gasteiger partial charge in [-0.2, -0.15) is 0 Å². The molecule has 0 heterocycles. The summed E-state index contributed by atoms with van der Waals surface area (Å²) < 4.78 is 0. The quantitative estimate of drug-likeness (QED) is 0.683. The summed E-state index contributed by atoms with van der Waals surface area (Å²) in [4.78, 5) is 2.55. The van der Waals surface area contributed by atoms with E-state index >= 15 is 0 Å². The fourth-order valence-corrected chi connectivity index (χ4v) is 1.67. The van der Waals surface area contributed by atoms with Gasteiger partial charge in [-0.3, -0.25) is 0 Å². The first-order valence-electron chi connectivity index (χ1n) is 5.95. The van der Waals surface area contributed by atoms with Crippen LogP contribution in [0.15, 0.2) is 0 Å². The number of nitrogens with two attached hydrogens (primary N) is 1. The lowest BCUT2D eigenvalue weighted by Crippen LogP contribution is -2.39. The van der Waals surface area contributed by atoms with Gasteiger partial charge >= 0.3 is 0 Å². The third-order valence-electron chi connectivity index (χ3n) is 2.73. The fraction of sp³-hybridized carbons (Fsp3) is 1.00. The Morgan fingerprint density at radius 2 is 1.64 bits per heavy atom. The standard InChI is InChI=1S/C12H28N2/c1-6-12(7-13)9-14(11(4)5)8-10(2)3/h10-12H,6-9,13H2,1-5H3. The van der Waals surface area contributed by atoms with Gasteiger partial charge in [0, 0.05) is 19.1 Å². The monoisotopic (exact) mass is 200 g/mol. The highest BCUT2D eigenvalue weighted by atomic mass is 15.1. The third kappa shape index (κ3) is 5.61. The molecule has 0 aliphatic carbocycles. The molecular weight excluding hydrogens is 172 g/mol. The average molecular weight is 200 g/mol. The lowest BCUT2D eigenvalue weighted by Gasteiger charge is -2.31. The molecule has 0 bridgehead atoms. The van der Waals surface area contributed by atoms with Gasteiger partial charge in [-0.1, -0.05) is 27.2 Å². The van der Waals surface area contributed by atoms with Crippen LogP contribution in [0.1, 0.15) is 41.0 Å². The van der Waals surface area contributed by atoms with Crippen LogP contribution in [0.25, 0.3) is 0 Å². The van der Waals surface area contributed by atoms with Crippen molar-refractivity contribution in [2.75, 3.05) is 19.6 Å². The molecule has 0 radical (unpaired) electrons. The Morgan fingerprint density at radius 1 is 1.07 bits per heavy atom. The summed E-state index contributed by atoms with van der Waals surface area (Å²) in [6.45, 7) is 14.5. The Labute approximate surface area is 89.9 Å². The largest absolute Gasteiger partial charge is 0.330 e. The SMILES string of the molecule is CCC(CN)CN(CC(C)C)C(C)C. The average Bonchev–Trinajstić information content (AvgIpc) is 2.11. The molecule has 0 aromatic heterocycles. The zero-order chi connectivity index (χ0) is 11.1. The molecule has 2 nitrogen and oxygen atoms in total. The summed E-state index contributed by atoms with van der Waals surface area (Å²) in [6, 6.07) is 0.637. The molecule has 0 amide bonds. The Balaban J connectivity index is 4.07. The molecule has 0 aliphatic rings. The number of hydrogen-bond acceptors (Lipinski definition) is 2. The second-order valence-corrected chi connectivity index (χ2v) is 4.95. The van der Waals surface area contributed by atoms with Gasteiger partial charge < -0.3 is 10.6 Å². The van der Waals surface area contributed by atoms with E-state index in [1.165, 1.54) is 13.0 Å². The summed E-state index contributed by atoms with van der Waals surface area (Å²) in [5, 5.41) is 0. The molecular formula is C12H28N2. The summed E-state index contributed by atoms with van der Waals surface area (Å²) in [5.74, 6) is 1.41. The Hall–Kier alpha value is -0.0800. The van der Waals surface area contributed by atoms with Crippen LogP contribution in [0, 0.1) is 11.8 Å². The normalized spacial score (nSPS) is 14.4. The molecule has 0 saturated carbocycles. The maximum absolute atomic E-state index is 5.74. The molecule has 14 heavy (non-hydrogen) atoms. The minimum absolute atomic E-state index is 0.637. The van der Waals surface area contributed by atoms with Gasteiger partial charge in [0.15, 0.2) is 0 Å². The summed E-state index contributed by atoms with van der Waals surface area (Å²) >= 11 is 0. The van der Waals surface area contributed by atoms with E-state index in [9.17, 15) is 0 Å². The molecule has 1 atom stereocenters. The molecule has 0 fully saturated rings. The van der Waals surface area contributed by atoms with Gasteiger partial charge in [0.25, 0.3) is 0 Å². The van der Waals surface area contributed by atoms with E-state index in [1.54, 1.807) is 0 Å². The molecule has 86 valence electrons. The third-order valence-corrected chi connectivity index (χ3v) is 2.73. The molecule has 1 unspecified atom stereocenters. The minimum Gasteiger partial charge on any atom is -0.330 e. The predicted octanol–water partition coefficient (Wildman–Crippen LogP) is 2.34. The maximum atomic E-state index is 5.74. The summed E-state index contributed by atoms with van der Waals surface area (Å²) in [5.41, 5.74) is 5.74. The van der Waals surface area contributed by atoms with E-state index in [4.69, 9.17) is 5.73 Å². The molecule has 0 rings (SSSR count). The lowest BCUT2D eigenvalue weighted by atomic mass is 10.0. The van der Waals surface area contributed by atoms with Crippen molar-refractivity contribution in [2.45, 2.75) is 47.1 Å². The second kappa shape index (κ2) is 7.24. The lowest BCUT2D eigenvalue weighted by molar-refractivity contribution is 0.167. The van der Waals surface area contributed by atoms with Crippen molar-refractivity contribution >= 4 is 0 Å².